The molecule has 0 radical (unpaired) electrons. The summed E-state index contributed by atoms with van der Waals surface area (Å²) in [7, 11) is 0. The zero-order valence-electron chi connectivity index (χ0n) is 19.4. The van der Waals surface area contributed by atoms with Gasteiger partial charge in [0.2, 0.25) is 11.9 Å². The molecule has 0 spiro atoms. The van der Waals surface area contributed by atoms with Crippen LogP contribution < -0.4 is 15.5 Å². The molecule has 33 heavy (non-hydrogen) atoms. The third kappa shape index (κ3) is 4.16. The van der Waals surface area contributed by atoms with E-state index in [1.165, 1.54) is 0 Å². The van der Waals surface area contributed by atoms with Gasteiger partial charge in [-0.05, 0) is 43.5 Å². The number of aromatic nitrogens is 6. The number of nitrogens with zero attached hydrogens (tertiary/aromatic N) is 7. The molecule has 1 saturated heterocycles. The van der Waals surface area contributed by atoms with Crippen molar-refractivity contribution >= 4 is 17.5 Å². The first kappa shape index (κ1) is 21.4. The van der Waals surface area contributed by atoms with Crippen LogP contribution in [0.2, 0.25) is 0 Å². The summed E-state index contributed by atoms with van der Waals surface area (Å²) in [5, 5.41) is 16.0. The van der Waals surface area contributed by atoms with Crippen molar-refractivity contribution in [3.63, 3.8) is 0 Å². The van der Waals surface area contributed by atoms with Gasteiger partial charge < -0.3 is 15.5 Å². The van der Waals surface area contributed by atoms with E-state index in [1.807, 2.05) is 39.8 Å². The second-order valence-electron chi connectivity index (χ2n) is 8.70. The maximum Gasteiger partial charge on any atom is 0.230 e. The Hall–Kier alpha value is -3.46. The number of fused-ring (bicyclic) bond motifs is 1. The third-order valence-electron chi connectivity index (χ3n) is 6.26. The number of likely N-dealkylation sites (N-methyl/N-ethyl adjacent to an activating group) is 1. The molecule has 0 amide bonds. The number of rotatable bonds is 8. The molecule has 0 aliphatic carbocycles. The topological polar surface area (TPSA) is 88.2 Å². The number of para-hydroxylation sites is 1. The van der Waals surface area contributed by atoms with E-state index in [9.17, 15) is 0 Å². The maximum absolute atomic E-state index is 4.98. The summed E-state index contributed by atoms with van der Waals surface area (Å²) >= 11 is 0. The van der Waals surface area contributed by atoms with E-state index in [4.69, 9.17) is 9.97 Å². The lowest BCUT2D eigenvalue weighted by atomic mass is 10.1. The molecule has 1 atom stereocenters. The second-order valence-corrected chi connectivity index (χ2v) is 8.70. The minimum absolute atomic E-state index is 0.321. The molecule has 1 unspecified atom stereocenters. The highest BCUT2D eigenvalue weighted by Crippen LogP contribution is 2.25. The summed E-state index contributed by atoms with van der Waals surface area (Å²) < 4.78 is 3.71. The van der Waals surface area contributed by atoms with Gasteiger partial charge in [0.05, 0.1) is 11.9 Å². The molecule has 1 aliphatic rings. The number of benzene rings is 1. The molecule has 1 aliphatic heterocycles. The van der Waals surface area contributed by atoms with Gasteiger partial charge in [0.25, 0.3) is 0 Å². The van der Waals surface area contributed by atoms with E-state index in [0.717, 1.165) is 54.5 Å². The van der Waals surface area contributed by atoms with Gasteiger partial charge in [0.15, 0.2) is 5.65 Å². The second kappa shape index (κ2) is 9.19. The van der Waals surface area contributed by atoms with Crippen LogP contribution in [0.5, 0.6) is 0 Å². The predicted molar refractivity (Wildman–Crippen MR) is 130 cm³/mol. The molecular formula is C24H31N9. The fourth-order valence-electron chi connectivity index (χ4n) is 4.47. The van der Waals surface area contributed by atoms with E-state index in [0.29, 0.717) is 24.5 Å². The molecule has 1 fully saturated rings. The first-order valence-electron chi connectivity index (χ1n) is 11.7. The summed E-state index contributed by atoms with van der Waals surface area (Å²) in [6.45, 7) is 9.95. The summed E-state index contributed by atoms with van der Waals surface area (Å²) in [5.74, 6) is 1.77. The standard InChI is InChI=1S/C24H31N9/c1-4-31(19-10-12-25-15-19)24-29-22-20(17(2)3)16-28-33(22)23(30-24)26-14-18-8-5-6-9-21(18)32-13-7-11-27-32/h5-9,11,13,16-17,19,25H,4,10,12,14-15H2,1-3H3,(H,26,29,30). The summed E-state index contributed by atoms with van der Waals surface area (Å²) in [6.07, 6.45) is 6.75. The minimum atomic E-state index is 0.321. The van der Waals surface area contributed by atoms with Gasteiger partial charge >= 0.3 is 0 Å². The first-order chi connectivity index (χ1) is 16.2. The quantitative estimate of drug-likeness (QED) is 0.430. The van der Waals surface area contributed by atoms with E-state index >= 15 is 0 Å². The predicted octanol–water partition coefficient (Wildman–Crippen LogP) is 3.23. The molecule has 0 bridgehead atoms. The summed E-state index contributed by atoms with van der Waals surface area (Å²) in [5.41, 5.74) is 4.15. The normalized spacial score (nSPS) is 16.1. The van der Waals surface area contributed by atoms with Crippen LogP contribution in [0.4, 0.5) is 11.9 Å². The number of hydrogen-bond donors (Lipinski definition) is 2. The first-order valence-corrected chi connectivity index (χ1v) is 11.7. The van der Waals surface area contributed by atoms with Crippen LogP contribution in [0.3, 0.4) is 0 Å². The van der Waals surface area contributed by atoms with Gasteiger partial charge in [-0.2, -0.15) is 24.7 Å². The molecule has 2 N–H and O–H groups in total. The van der Waals surface area contributed by atoms with Crippen molar-refractivity contribution in [2.24, 2.45) is 0 Å². The van der Waals surface area contributed by atoms with Gasteiger partial charge in [-0.1, -0.05) is 32.0 Å². The Morgan fingerprint density at radius 2 is 2.06 bits per heavy atom. The highest BCUT2D eigenvalue weighted by molar-refractivity contribution is 5.57. The number of nitrogens with one attached hydrogen (secondary N) is 2. The molecule has 4 aromatic rings. The Bertz CT molecular complexity index is 1210. The van der Waals surface area contributed by atoms with Crippen LogP contribution in [0, 0.1) is 0 Å². The van der Waals surface area contributed by atoms with Crippen molar-refractivity contribution in [3.05, 3.63) is 60.0 Å². The molecule has 9 heteroatoms. The Labute approximate surface area is 193 Å². The third-order valence-corrected chi connectivity index (χ3v) is 6.26. The van der Waals surface area contributed by atoms with Crippen molar-refractivity contribution < 1.29 is 0 Å². The van der Waals surface area contributed by atoms with Crippen LogP contribution in [-0.4, -0.2) is 55.0 Å². The van der Waals surface area contributed by atoms with Gasteiger partial charge in [-0.15, -0.1) is 0 Å². The van der Waals surface area contributed by atoms with Crippen molar-refractivity contribution in [2.75, 3.05) is 29.9 Å². The SMILES string of the molecule is CCN(c1nc(NCc2ccccc2-n2cccn2)n2ncc(C(C)C)c2n1)C1CCNC1. The molecule has 4 heterocycles. The van der Waals surface area contributed by atoms with Crippen LogP contribution in [0.15, 0.2) is 48.9 Å². The molecule has 0 saturated carbocycles. The van der Waals surface area contributed by atoms with Crippen molar-refractivity contribution in [3.8, 4) is 5.69 Å². The Morgan fingerprint density at radius 3 is 2.79 bits per heavy atom. The van der Waals surface area contributed by atoms with Crippen LogP contribution >= 0.6 is 0 Å². The fraction of sp³-hybridized carbons (Fsp3) is 0.417. The van der Waals surface area contributed by atoms with E-state index in [2.05, 4.69) is 58.6 Å². The van der Waals surface area contributed by atoms with Gasteiger partial charge in [0, 0.05) is 43.6 Å². The number of hydrogen-bond acceptors (Lipinski definition) is 7. The van der Waals surface area contributed by atoms with Crippen LogP contribution in [-0.2, 0) is 6.54 Å². The Kier molecular flexibility index (Phi) is 5.95. The average molecular weight is 446 g/mol. The van der Waals surface area contributed by atoms with Crippen molar-refractivity contribution in [1.29, 1.82) is 0 Å². The smallest absolute Gasteiger partial charge is 0.230 e. The molecule has 1 aromatic carbocycles. The Balaban J connectivity index is 1.52. The lowest BCUT2D eigenvalue weighted by molar-refractivity contribution is 0.629. The average Bonchev–Trinajstić information content (AvgIpc) is 3.60. The zero-order chi connectivity index (χ0) is 22.8. The van der Waals surface area contributed by atoms with Gasteiger partial charge in [0.1, 0.15) is 0 Å². The number of anilines is 2. The zero-order valence-corrected chi connectivity index (χ0v) is 19.4. The van der Waals surface area contributed by atoms with Crippen LogP contribution in [0.1, 0.15) is 44.2 Å². The minimum Gasteiger partial charge on any atom is -0.350 e. The molecule has 9 nitrogen and oxygen atoms in total. The summed E-state index contributed by atoms with van der Waals surface area (Å²) in [4.78, 5) is 12.2. The highest BCUT2D eigenvalue weighted by atomic mass is 15.4. The van der Waals surface area contributed by atoms with Gasteiger partial charge in [-0.3, -0.25) is 0 Å². The van der Waals surface area contributed by atoms with Crippen molar-refractivity contribution in [1.82, 2.24) is 34.7 Å². The van der Waals surface area contributed by atoms with E-state index < -0.39 is 0 Å². The highest BCUT2D eigenvalue weighted by Gasteiger charge is 2.25. The molecular weight excluding hydrogens is 414 g/mol. The maximum atomic E-state index is 4.98. The molecule has 5 rings (SSSR count). The van der Waals surface area contributed by atoms with E-state index in [1.54, 1.807) is 6.20 Å². The monoisotopic (exact) mass is 445 g/mol. The lowest BCUT2D eigenvalue weighted by Crippen LogP contribution is -2.38. The van der Waals surface area contributed by atoms with Crippen molar-refractivity contribution in [2.45, 2.75) is 45.7 Å². The molecule has 3 aromatic heterocycles. The fourth-order valence-corrected chi connectivity index (χ4v) is 4.47. The van der Waals surface area contributed by atoms with Crippen LogP contribution in [0.25, 0.3) is 11.3 Å². The van der Waals surface area contributed by atoms with Gasteiger partial charge in [-0.25, -0.2) is 4.68 Å². The molecule has 172 valence electrons. The largest absolute Gasteiger partial charge is 0.350 e. The lowest BCUT2D eigenvalue weighted by Gasteiger charge is -2.27. The van der Waals surface area contributed by atoms with E-state index in [-0.39, 0.29) is 0 Å². The Morgan fingerprint density at radius 1 is 1.18 bits per heavy atom. The summed E-state index contributed by atoms with van der Waals surface area (Å²) in [6, 6.07) is 10.6.